The first kappa shape index (κ1) is 7.99. The monoisotopic (exact) mass is 150 g/mol. The smallest absolute Gasteiger partial charge is 0.162 e. The molecule has 0 amide bonds. The molecule has 0 radical (unpaired) electrons. The molecular weight excluding hydrogens is 142 g/mol. The fourth-order valence-corrected chi connectivity index (χ4v) is 0.919. The topological polar surface area (TPSA) is 17.1 Å². The third kappa shape index (κ3) is 1.48. The molecule has 1 aromatic rings. The van der Waals surface area contributed by atoms with Crippen LogP contribution in [0.15, 0.2) is 18.2 Å². The summed E-state index contributed by atoms with van der Waals surface area (Å²) in [5.41, 5.74) is 0.683. The van der Waals surface area contributed by atoms with Crippen molar-refractivity contribution < 1.29 is 9.18 Å². The van der Waals surface area contributed by atoms with Gasteiger partial charge in [-0.05, 0) is 13.0 Å². The van der Waals surface area contributed by atoms with Gasteiger partial charge in [0.05, 0.1) is 5.56 Å². The number of carbonyl (C=O) groups excluding carboxylic acids is 1. The summed E-state index contributed by atoms with van der Waals surface area (Å²) in [4.78, 5) is 10.8. The van der Waals surface area contributed by atoms with E-state index in [2.05, 4.69) is 0 Å². The van der Waals surface area contributed by atoms with E-state index >= 15 is 0 Å². The fraction of sp³-hybridized carbons (Fsp3) is 0.125. The lowest BCUT2D eigenvalue weighted by Gasteiger charge is -1.99. The Morgan fingerprint density at radius 3 is 2.64 bits per heavy atom. The van der Waals surface area contributed by atoms with Crippen LogP contribution in [-0.2, 0) is 0 Å². The Labute approximate surface area is 65.6 Å². The molecule has 0 heterocycles. The van der Waals surface area contributed by atoms with Gasteiger partial charge >= 0.3 is 0 Å². The van der Waals surface area contributed by atoms with E-state index < -0.39 is 5.82 Å². The largest absolute Gasteiger partial charge is 0.294 e. The molecule has 0 fully saturated rings. The molecule has 0 aromatic heterocycles. The number of hydrogen-bond acceptors (Lipinski definition) is 1. The van der Waals surface area contributed by atoms with Crippen LogP contribution in [0, 0.1) is 5.82 Å². The number of benzene rings is 1. The molecule has 0 unspecified atom stereocenters. The molecule has 1 aromatic carbocycles. The summed E-state index contributed by atoms with van der Waals surface area (Å²) < 4.78 is 13.0. The molecule has 0 atom stereocenters. The summed E-state index contributed by atoms with van der Waals surface area (Å²) in [6, 6.07) is 4.81. The van der Waals surface area contributed by atoms with E-state index in [1.54, 1.807) is 20.0 Å². The molecule has 3 heteroatoms. The Morgan fingerprint density at radius 1 is 1.55 bits per heavy atom. The van der Waals surface area contributed by atoms with Crippen molar-refractivity contribution in [3.8, 4) is 0 Å². The zero-order valence-corrected chi connectivity index (χ0v) is 6.52. The van der Waals surface area contributed by atoms with Crippen LogP contribution < -0.4 is 5.46 Å². The van der Waals surface area contributed by atoms with E-state index in [4.69, 9.17) is 0 Å². The van der Waals surface area contributed by atoms with E-state index in [0.29, 0.717) is 5.46 Å². The average Bonchev–Trinajstić information content (AvgIpc) is 1.94. The van der Waals surface area contributed by atoms with Gasteiger partial charge in [-0.25, -0.2) is 4.39 Å². The molecule has 1 nitrogen and oxygen atoms in total. The van der Waals surface area contributed by atoms with Crippen molar-refractivity contribution in [2.75, 3.05) is 0 Å². The number of halogens is 1. The van der Waals surface area contributed by atoms with Gasteiger partial charge in [0.15, 0.2) is 5.78 Å². The highest BCUT2D eigenvalue weighted by Gasteiger charge is 2.07. The number of rotatable bonds is 1. The SMILES string of the molecule is Bc1cccc(C(C)=O)c1F. The number of Topliss-reactive ketones (excluding diaryl/α,β-unsaturated/α-hetero) is 1. The van der Waals surface area contributed by atoms with Crippen LogP contribution in [0.25, 0.3) is 0 Å². The second kappa shape index (κ2) is 2.87. The minimum absolute atomic E-state index is 0.171. The molecule has 0 aliphatic rings. The standard InChI is InChI=1S/C8H8BFO/c1-5(11)6-3-2-4-7(9)8(6)10/h2-4H,9H2,1H3. The Kier molecular flexibility index (Phi) is 2.08. The third-order valence-electron chi connectivity index (χ3n) is 1.57. The van der Waals surface area contributed by atoms with Crippen LogP contribution in [-0.4, -0.2) is 13.6 Å². The maximum atomic E-state index is 13.0. The molecule has 0 aliphatic heterocycles. The van der Waals surface area contributed by atoms with Gasteiger partial charge in [0.2, 0.25) is 0 Å². The van der Waals surface area contributed by atoms with E-state index in [1.807, 2.05) is 0 Å². The predicted octanol–water partition coefficient (Wildman–Crippen LogP) is 0.287. The lowest BCUT2D eigenvalue weighted by Crippen LogP contribution is -2.12. The van der Waals surface area contributed by atoms with Crippen molar-refractivity contribution in [2.45, 2.75) is 6.92 Å². The summed E-state index contributed by atoms with van der Waals surface area (Å²) in [5, 5.41) is 0. The lowest BCUT2D eigenvalue weighted by molar-refractivity contribution is 0.101. The van der Waals surface area contributed by atoms with Gasteiger partial charge in [-0.3, -0.25) is 4.79 Å². The van der Waals surface area contributed by atoms with Crippen molar-refractivity contribution in [3.05, 3.63) is 29.6 Å². The van der Waals surface area contributed by atoms with E-state index in [9.17, 15) is 9.18 Å². The van der Waals surface area contributed by atoms with Gasteiger partial charge in [0.1, 0.15) is 13.7 Å². The minimum Gasteiger partial charge on any atom is -0.294 e. The minimum atomic E-state index is -0.403. The molecular formula is C8H8BFO. The normalized spacial score (nSPS) is 9.64. The van der Waals surface area contributed by atoms with Crippen molar-refractivity contribution >= 4 is 19.1 Å². The van der Waals surface area contributed by atoms with Gasteiger partial charge in [-0.15, -0.1) is 0 Å². The summed E-state index contributed by atoms with van der Waals surface area (Å²) in [7, 11) is 1.64. The van der Waals surface area contributed by atoms with Crippen molar-refractivity contribution in [1.29, 1.82) is 0 Å². The highest BCUT2D eigenvalue weighted by Crippen LogP contribution is 2.03. The van der Waals surface area contributed by atoms with Gasteiger partial charge in [-0.1, -0.05) is 17.6 Å². The first-order chi connectivity index (χ1) is 5.13. The van der Waals surface area contributed by atoms with Gasteiger partial charge in [-0.2, -0.15) is 0 Å². The Balaban J connectivity index is 3.27. The average molecular weight is 150 g/mol. The van der Waals surface area contributed by atoms with Crippen LogP contribution in [0.3, 0.4) is 0 Å². The van der Waals surface area contributed by atoms with Crippen LogP contribution in [0.1, 0.15) is 17.3 Å². The van der Waals surface area contributed by atoms with E-state index in [0.717, 1.165) is 0 Å². The molecule has 0 aliphatic carbocycles. The Hall–Kier alpha value is -1.12. The molecule has 0 N–H and O–H groups in total. The second-order valence-electron chi connectivity index (χ2n) is 2.49. The summed E-state index contributed by atoms with van der Waals surface area (Å²) in [5.74, 6) is -0.633. The highest BCUT2D eigenvalue weighted by atomic mass is 19.1. The maximum Gasteiger partial charge on any atom is 0.162 e. The zero-order chi connectivity index (χ0) is 8.43. The maximum absolute atomic E-state index is 13.0. The highest BCUT2D eigenvalue weighted by molar-refractivity contribution is 6.32. The van der Waals surface area contributed by atoms with Crippen molar-refractivity contribution in [3.63, 3.8) is 0 Å². The fourth-order valence-electron chi connectivity index (χ4n) is 0.919. The molecule has 0 bridgehead atoms. The van der Waals surface area contributed by atoms with Crippen LogP contribution in [0.2, 0.25) is 0 Å². The number of ketones is 1. The quantitative estimate of drug-likeness (QED) is 0.415. The first-order valence-electron chi connectivity index (χ1n) is 3.39. The molecule has 11 heavy (non-hydrogen) atoms. The molecule has 56 valence electrons. The third-order valence-corrected chi connectivity index (χ3v) is 1.57. The molecule has 1 rings (SSSR count). The summed E-state index contributed by atoms with van der Waals surface area (Å²) >= 11 is 0. The molecule has 0 saturated carbocycles. The first-order valence-corrected chi connectivity index (χ1v) is 3.39. The summed E-state index contributed by atoms with van der Waals surface area (Å²) in [6.45, 7) is 1.36. The van der Waals surface area contributed by atoms with Gasteiger partial charge in [0.25, 0.3) is 0 Å². The van der Waals surface area contributed by atoms with Crippen molar-refractivity contribution in [1.82, 2.24) is 0 Å². The van der Waals surface area contributed by atoms with Crippen LogP contribution >= 0.6 is 0 Å². The molecule has 0 saturated heterocycles. The summed E-state index contributed by atoms with van der Waals surface area (Å²) in [6.07, 6.45) is 0. The predicted molar refractivity (Wildman–Crippen MR) is 44.6 cm³/mol. The number of hydrogen-bond donors (Lipinski definition) is 0. The zero-order valence-electron chi connectivity index (χ0n) is 6.52. The van der Waals surface area contributed by atoms with E-state index in [-0.39, 0.29) is 11.3 Å². The molecule has 0 spiro atoms. The Bertz CT molecular complexity index is 296. The van der Waals surface area contributed by atoms with Gasteiger partial charge in [0, 0.05) is 0 Å². The van der Waals surface area contributed by atoms with Crippen LogP contribution in [0.5, 0.6) is 0 Å². The lowest BCUT2D eigenvalue weighted by atomic mass is 9.92. The second-order valence-corrected chi connectivity index (χ2v) is 2.49. The van der Waals surface area contributed by atoms with Crippen LogP contribution in [0.4, 0.5) is 4.39 Å². The van der Waals surface area contributed by atoms with Crippen molar-refractivity contribution in [2.24, 2.45) is 0 Å². The van der Waals surface area contributed by atoms with E-state index in [1.165, 1.54) is 13.0 Å². The Morgan fingerprint density at radius 2 is 2.18 bits per heavy atom. The number of carbonyl (C=O) groups is 1. The van der Waals surface area contributed by atoms with Gasteiger partial charge < -0.3 is 0 Å².